The molecule has 0 aliphatic carbocycles. The number of benzene rings is 1. The summed E-state index contributed by atoms with van der Waals surface area (Å²) in [5.41, 5.74) is 5.90. The van der Waals surface area contributed by atoms with Gasteiger partial charge in [-0.05, 0) is 30.7 Å². The Balaban J connectivity index is 2.50. The van der Waals surface area contributed by atoms with Gasteiger partial charge in [0.05, 0.1) is 11.0 Å². The lowest BCUT2D eigenvalue weighted by Gasteiger charge is -2.00. The number of hydrogen-bond acceptors (Lipinski definition) is 4. The lowest BCUT2D eigenvalue weighted by atomic mass is 10.1. The van der Waals surface area contributed by atoms with Gasteiger partial charge < -0.3 is 4.57 Å². The largest absolute Gasteiger partial charge is 0.312 e. The molecule has 2 N–H and O–H groups in total. The summed E-state index contributed by atoms with van der Waals surface area (Å²) in [5.74, 6) is 0.425. The Morgan fingerprint density at radius 2 is 2.18 bits per heavy atom. The van der Waals surface area contributed by atoms with Gasteiger partial charge >= 0.3 is 0 Å². The molecule has 0 saturated carbocycles. The van der Waals surface area contributed by atoms with Crippen LogP contribution in [0.25, 0.3) is 21.9 Å². The number of fused-ring (bicyclic) bond motifs is 3. The number of imidazole rings is 1. The first-order valence-electron chi connectivity index (χ1n) is 5.32. The molecule has 0 spiro atoms. The topological polar surface area (TPSA) is 63.0 Å². The first-order chi connectivity index (χ1) is 8.20. The lowest BCUT2D eigenvalue weighted by molar-refractivity contribution is 0.380. The van der Waals surface area contributed by atoms with Crippen LogP contribution >= 0.6 is 0 Å². The van der Waals surface area contributed by atoms with Crippen molar-refractivity contribution in [1.29, 1.82) is 0 Å². The third-order valence-corrected chi connectivity index (χ3v) is 2.95. The number of pyridine rings is 1. The number of rotatable bonds is 1. The molecule has 0 fully saturated rings. The van der Waals surface area contributed by atoms with Crippen LogP contribution in [0.1, 0.15) is 5.56 Å². The fraction of sp³-hybridized carbons (Fsp3) is 0.167. The standard InChI is InChI=1S/C12H12N4O/c1-7-5-8-9(13-6-7)3-4-10-11(8)14-12(15-17)16(10)2/h3-6,17H,1-2H3,(H,14,15). The zero-order chi connectivity index (χ0) is 12.0. The Kier molecular flexibility index (Phi) is 2.02. The lowest BCUT2D eigenvalue weighted by Crippen LogP contribution is -1.98. The Morgan fingerprint density at radius 1 is 1.35 bits per heavy atom. The maximum Gasteiger partial charge on any atom is 0.227 e. The van der Waals surface area contributed by atoms with Crippen LogP contribution < -0.4 is 5.48 Å². The Labute approximate surface area is 97.7 Å². The first-order valence-corrected chi connectivity index (χ1v) is 5.32. The van der Waals surface area contributed by atoms with E-state index in [1.807, 2.05) is 32.3 Å². The summed E-state index contributed by atoms with van der Waals surface area (Å²) >= 11 is 0. The minimum absolute atomic E-state index is 0.425. The van der Waals surface area contributed by atoms with Crippen molar-refractivity contribution in [3.8, 4) is 0 Å². The molecule has 0 saturated heterocycles. The van der Waals surface area contributed by atoms with E-state index in [9.17, 15) is 0 Å². The van der Waals surface area contributed by atoms with Crippen molar-refractivity contribution in [2.24, 2.45) is 7.05 Å². The molecule has 0 bridgehead atoms. The van der Waals surface area contributed by atoms with Gasteiger partial charge in [0.25, 0.3) is 0 Å². The first kappa shape index (κ1) is 10.0. The summed E-state index contributed by atoms with van der Waals surface area (Å²) in [5, 5.41) is 10.00. The second-order valence-corrected chi connectivity index (χ2v) is 4.12. The van der Waals surface area contributed by atoms with E-state index in [0.717, 1.165) is 27.5 Å². The maximum atomic E-state index is 9.00. The molecular weight excluding hydrogens is 216 g/mol. The second-order valence-electron chi connectivity index (χ2n) is 4.12. The molecule has 0 atom stereocenters. The van der Waals surface area contributed by atoms with E-state index in [4.69, 9.17) is 5.21 Å². The third-order valence-electron chi connectivity index (χ3n) is 2.95. The van der Waals surface area contributed by atoms with Crippen LogP contribution in [-0.2, 0) is 7.05 Å². The minimum Gasteiger partial charge on any atom is -0.312 e. The van der Waals surface area contributed by atoms with Crippen LogP contribution in [0.15, 0.2) is 24.4 Å². The smallest absolute Gasteiger partial charge is 0.227 e. The highest BCUT2D eigenvalue weighted by atomic mass is 16.5. The summed E-state index contributed by atoms with van der Waals surface area (Å²) in [6.45, 7) is 2.00. The van der Waals surface area contributed by atoms with Crippen LogP contribution in [0, 0.1) is 6.92 Å². The van der Waals surface area contributed by atoms with Gasteiger partial charge in [0.1, 0.15) is 5.52 Å². The van der Waals surface area contributed by atoms with Crippen LogP contribution in [0.4, 0.5) is 5.95 Å². The van der Waals surface area contributed by atoms with Gasteiger partial charge in [-0.3, -0.25) is 10.2 Å². The summed E-state index contributed by atoms with van der Waals surface area (Å²) in [4.78, 5) is 8.73. The molecule has 3 aromatic rings. The van der Waals surface area contributed by atoms with E-state index in [1.165, 1.54) is 0 Å². The zero-order valence-corrected chi connectivity index (χ0v) is 9.60. The minimum atomic E-state index is 0.425. The molecule has 5 nitrogen and oxygen atoms in total. The number of aryl methyl sites for hydroxylation is 2. The average molecular weight is 228 g/mol. The van der Waals surface area contributed by atoms with E-state index in [1.54, 1.807) is 4.57 Å². The second kappa shape index (κ2) is 3.43. The molecule has 5 heteroatoms. The van der Waals surface area contributed by atoms with Crippen molar-refractivity contribution in [2.75, 3.05) is 5.48 Å². The highest BCUT2D eigenvalue weighted by Gasteiger charge is 2.10. The average Bonchev–Trinajstić information content (AvgIpc) is 2.66. The van der Waals surface area contributed by atoms with Crippen molar-refractivity contribution >= 4 is 27.9 Å². The highest BCUT2D eigenvalue weighted by Crippen LogP contribution is 2.26. The summed E-state index contributed by atoms with van der Waals surface area (Å²) in [7, 11) is 1.85. The fourth-order valence-corrected chi connectivity index (χ4v) is 2.06. The van der Waals surface area contributed by atoms with Crippen LogP contribution in [0.2, 0.25) is 0 Å². The van der Waals surface area contributed by atoms with Crippen molar-refractivity contribution < 1.29 is 5.21 Å². The third kappa shape index (κ3) is 1.36. The molecular formula is C12H12N4O. The summed E-state index contributed by atoms with van der Waals surface area (Å²) < 4.78 is 1.80. The molecule has 0 amide bonds. The number of nitrogens with one attached hydrogen (secondary N) is 1. The molecule has 0 unspecified atom stereocenters. The van der Waals surface area contributed by atoms with Gasteiger partial charge in [0, 0.05) is 18.6 Å². The van der Waals surface area contributed by atoms with Crippen LogP contribution in [-0.4, -0.2) is 19.7 Å². The molecule has 0 radical (unpaired) electrons. The van der Waals surface area contributed by atoms with E-state index < -0.39 is 0 Å². The number of aromatic nitrogens is 3. The predicted molar refractivity (Wildman–Crippen MR) is 66.2 cm³/mol. The monoisotopic (exact) mass is 228 g/mol. The highest BCUT2D eigenvalue weighted by molar-refractivity contribution is 6.03. The number of nitrogens with zero attached hydrogens (tertiary/aromatic N) is 3. The van der Waals surface area contributed by atoms with Crippen molar-refractivity contribution in [1.82, 2.24) is 14.5 Å². The van der Waals surface area contributed by atoms with Gasteiger partial charge in [0.2, 0.25) is 5.95 Å². The summed E-state index contributed by atoms with van der Waals surface area (Å²) in [6, 6.07) is 5.96. The molecule has 3 rings (SSSR count). The Morgan fingerprint density at radius 3 is 2.94 bits per heavy atom. The molecule has 0 aliphatic rings. The van der Waals surface area contributed by atoms with Crippen molar-refractivity contribution in [2.45, 2.75) is 6.92 Å². The van der Waals surface area contributed by atoms with E-state index >= 15 is 0 Å². The SMILES string of the molecule is Cc1cnc2ccc3c(nc(NO)n3C)c2c1. The van der Waals surface area contributed by atoms with Crippen LogP contribution in [0.3, 0.4) is 0 Å². The quantitative estimate of drug-likeness (QED) is 0.627. The van der Waals surface area contributed by atoms with E-state index in [2.05, 4.69) is 21.5 Å². The molecule has 2 aromatic heterocycles. The van der Waals surface area contributed by atoms with Gasteiger partial charge in [0.15, 0.2) is 0 Å². The molecule has 2 heterocycles. The van der Waals surface area contributed by atoms with E-state index in [0.29, 0.717) is 5.95 Å². The maximum absolute atomic E-state index is 9.00. The van der Waals surface area contributed by atoms with Crippen molar-refractivity contribution in [3.05, 3.63) is 30.0 Å². The number of hydrogen-bond donors (Lipinski definition) is 2. The molecule has 1 aromatic carbocycles. The van der Waals surface area contributed by atoms with Crippen molar-refractivity contribution in [3.63, 3.8) is 0 Å². The molecule has 0 aliphatic heterocycles. The number of anilines is 1. The Hall–Kier alpha value is -2.14. The van der Waals surface area contributed by atoms with Gasteiger partial charge in [-0.2, -0.15) is 0 Å². The summed E-state index contributed by atoms with van der Waals surface area (Å²) in [6.07, 6.45) is 1.84. The Bertz CT molecular complexity index is 717. The molecule has 86 valence electrons. The predicted octanol–water partition coefficient (Wildman–Crippen LogP) is 2.23. The molecule has 17 heavy (non-hydrogen) atoms. The van der Waals surface area contributed by atoms with Gasteiger partial charge in [-0.1, -0.05) is 0 Å². The fourth-order valence-electron chi connectivity index (χ4n) is 2.06. The zero-order valence-electron chi connectivity index (χ0n) is 9.60. The van der Waals surface area contributed by atoms with E-state index in [-0.39, 0.29) is 0 Å². The van der Waals surface area contributed by atoms with Crippen LogP contribution in [0.5, 0.6) is 0 Å². The van der Waals surface area contributed by atoms with Gasteiger partial charge in [-0.25, -0.2) is 10.5 Å². The van der Waals surface area contributed by atoms with Gasteiger partial charge in [-0.15, -0.1) is 0 Å². The normalized spacial score (nSPS) is 11.2.